The summed E-state index contributed by atoms with van der Waals surface area (Å²) in [7, 11) is 0. The smallest absolute Gasteiger partial charge is 0.411 e. The standard InChI is InChI=1S/C11H17F3N2O4/c12-11(13,14)6-20-4-3-15-10(19)16-8-2-1-7(5-8)9(17)18/h7-8H,1-6H2,(H,17,18)(H2,15,16,19)/t7-,8+/m1/s1. The maximum absolute atomic E-state index is 11.7. The van der Waals surface area contributed by atoms with Gasteiger partial charge in [-0.2, -0.15) is 13.2 Å². The zero-order valence-electron chi connectivity index (χ0n) is 10.7. The van der Waals surface area contributed by atoms with E-state index >= 15 is 0 Å². The maximum Gasteiger partial charge on any atom is 0.411 e. The maximum atomic E-state index is 11.7. The first-order valence-electron chi connectivity index (χ1n) is 6.19. The van der Waals surface area contributed by atoms with E-state index in [1.165, 1.54) is 0 Å². The molecule has 9 heteroatoms. The molecule has 0 spiro atoms. The number of carbonyl (C=O) groups excluding carboxylic acids is 1. The molecule has 116 valence electrons. The quantitative estimate of drug-likeness (QED) is 0.641. The summed E-state index contributed by atoms with van der Waals surface area (Å²) in [6.07, 6.45) is -2.92. The molecular weight excluding hydrogens is 281 g/mol. The van der Waals surface area contributed by atoms with E-state index in [0.29, 0.717) is 19.3 Å². The van der Waals surface area contributed by atoms with Crippen molar-refractivity contribution in [1.29, 1.82) is 0 Å². The van der Waals surface area contributed by atoms with Gasteiger partial charge in [-0.1, -0.05) is 0 Å². The number of carbonyl (C=O) groups is 2. The zero-order chi connectivity index (χ0) is 15.2. The van der Waals surface area contributed by atoms with Crippen LogP contribution in [0.25, 0.3) is 0 Å². The van der Waals surface area contributed by atoms with Crippen molar-refractivity contribution in [2.24, 2.45) is 5.92 Å². The lowest BCUT2D eigenvalue weighted by atomic mass is 10.1. The van der Waals surface area contributed by atoms with Crippen molar-refractivity contribution in [2.45, 2.75) is 31.5 Å². The van der Waals surface area contributed by atoms with Crippen molar-refractivity contribution < 1.29 is 32.6 Å². The van der Waals surface area contributed by atoms with E-state index in [-0.39, 0.29) is 19.2 Å². The number of carboxylic acids is 1. The van der Waals surface area contributed by atoms with Gasteiger partial charge in [-0.25, -0.2) is 4.79 Å². The highest BCUT2D eigenvalue weighted by Crippen LogP contribution is 2.25. The molecule has 0 bridgehead atoms. The van der Waals surface area contributed by atoms with Gasteiger partial charge in [0.15, 0.2) is 0 Å². The molecule has 0 aromatic heterocycles. The monoisotopic (exact) mass is 298 g/mol. The molecule has 0 unspecified atom stereocenters. The third-order valence-electron chi connectivity index (χ3n) is 2.91. The van der Waals surface area contributed by atoms with Crippen LogP contribution in [0.2, 0.25) is 0 Å². The number of halogens is 3. The van der Waals surface area contributed by atoms with Crippen LogP contribution in [0, 0.1) is 5.92 Å². The van der Waals surface area contributed by atoms with E-state index in [1.807, 2.05) is 0 Å². The van der Waals surface area contributed by atoms with Gasteiger partial charge >= 0.3 is 18.2 Å². The van der Waals surface area contributed by atoms with E-state index in [4.69, 9.17) is 5.11 Å². The SMILES string of the molecule is O=C(NCCOCC(F)(F)F)N[C@H]1CC[C@@H](C(=O)O)C1. The van der Waals surface area contributed by atoms with Crippen LogP contribution in [0.4, 0.5) is 18.0 Å². The largest absolute Gasteiger partial charge is 0.481 e. The van der Waals surface area contributed by atoms with E-state index in [0.717, 1.165) is 0 Å². The predicted molar refractivity (Wildman–Crippen MR) is 62.2 cm³/mol. The Hall–Kier alpha value is -1.51. The van der Waals surface area contributed by atoms with Crippen molar-refractivity contribution in [2.75, 3.05) is 19.8 Å². The fourth-order valence-electron chi connectivity index (χ4n) is 2.00. The summed E-state index contributed by atoms with van der Waals surface area (Å²) in [4.78, 5) is 22.1. The van der Waals surface area contributed by atoms with E-state index in [2.05, 4.69) is 15.4 Å². The molecule has 2 amide bonds. The number of rotatable bonds is 6. The highest BCUT2D eigenvalue weighted by molar-refractivity contribution is 5.75. The van der Waals surface area contributed by atoms with Gasteiger partial charge in [0.25, 0.3) is 0 Å². The van der Waals surface area contributed by atoms with Gasteiger partial charge in [-0.3, -0.25) is 4.79 Å². The van der Waals surface area contributed by atoms with E-state index in [9.17, 15) is 22.8 Å². The first-order valence-corrected chi connectivity index (χ1v) is 6.19. The van der Waals surface area contributed by atoms with Gasteiger partial charge in [-0.05, 0) is 19.3 Å². The second kappa shape index (κ2) is 7.32. The Balaban J connectivity index is 2.08. The minimum absolute atomic E-state index is 0.0447. The Bertz CT molecular complexity index is 349. The number of amides is 2. The molecule has 1 fully saturated rings. The molecule has 2 atom stereocenters. The number of carboxylic acid groups (broad SMARTS) is 1. The second-order valence-electron chi connectivity index (χ2n) is 4.61. The number of hydrogen-bond donors (Lipinski definition) is 3. The van der Waals surface area contributed by atoms with E-state index < -0.39 is 30.7 Å². The molecule has 3 N–H and O–H groups in total. The van der Waals surface area contributed by atoms with Gasteiger partial charge < -0.3 is 20.5 Å². The highest BCUT2D eigenvalue weighted by atomic mass is 19.4. The molecule has 0 aliphatic heterocycles. The van der Waals surface area contributed by atoms with Gasteiger partial charge in [0.1, 0.15) is 6.61 Å². The number of hydrogen-bond acceptors (Lipinski definition) is 3. The lowest BCUT2D eigenvalue weighted by molar-refractivity contribution is -0.173. The number of urea groups is 1. The van der Waals surface area contributed by atoms with Crippen LogP contribution in [0.1, 0.15) is 19.3 Å². The molecule has 6 nitrogen and oxygen atoms in total. The highest BCUT2D eigenvalue weighted by Gasteiger charge is 2.30. The summed E-state index contributed by atoms with van der Waals surface area (Å²) in [5.41, 5.74) is 0. The minimum atomic E-state index is -4.38. The Labute approximate surface area is 113 Å². The van der Waals surface area contributed by atoms with E-state index in [1.54, 1.807) is 0 Å². The number of nitrogens with one attached hydrogen (secondary N) is 2. The molecule has 0 heterocycles. The first kappa shape index (κ1) is 16.5. The van der Waals surface area contributed by atoms with Crippen molar-refractivity contribution in [3.8, 4) is 0 Å². The molecular formula is C11H17F3N2O4. The van der Waals surface area contributed by atoms with Crippen LogP contribution >= 0.6 is 0 Å². The molecule has 1 rings (SSSR count). The Morgan fingerprint density at radius 1 is 1.30 bits per heavy atom. The number of ether oxygens (including phenoxy) is 1. The average molecular weight is 298 g/mol. The fourth-order valence-corrected chi connectivity index (χ4v) is 2.00. The van der Waals surface area contributed by atoms with Gasteiger partial charge in [0.2, 0.25) is 0 Å². The molecule has 0 aromatic carbocycles. The average Bonchev–Trinajstić information content (AvgIpc) is 2.75. The molecule has 1 saturated carbocycles. The Morgan fingerprint density at radius 3 is 2.55 bits per heavy atom. The van der Waals surface area contributed by atoms with Gasteiger partial charge in [0.05, 0.1) is 12.5 Å². The minimum Gasteiger partial charge on any atom is -0.481 e. The molecule has 1 aliphatic carbocycles. The van der Waals surface area contributed by atoms with Crippen molar-refractivity contribution in [1.82, 2.24) is 10.6 Å². The molecule has 1 aliphatic rings. The fraction of sp³-hybridized carbons (Fsp3) is 0.818. The van der Waals surface area contributed by atoms with Gasteiger partial charge in [0, 0.05) is 12.6 Å². The third kappa shape index (κ3) is 6.60. The molecule has 0 radical (unpaired) electrons. The van der Waals surface area contributed by atoms with Crippen molar-refractivity contribution >= 4 is 12.0 Å². The predicted octanol–water partition coefficient (Wildman–Crippen LogP) is 1.12. The summed E-state index contributed by atoms with van der Waals surface area (Å²) in [6, 6.07) is -0.746. The van der Waals surface area contributed by atoms with Crippen LogP contribution in [0.3, 0.4) is 0 Å². The lowest BCUT2D eigenvalue weighted by Gasteiger charge is -2.13. The van der Waals surface area contributed by atoms with Gasteiger partial charge in [-0.15, -0.1) is 0 Å². The normalized spacial score (nSPS) is 22.6. The molecule has 0 aromatic rings. The second-order valence-corrected chi connectivity index (χ2v) is 4.61. The summed E-state index contributed by atoms with van der Waals surface area (Å²) in [5.74, 6) is -1.33. The third-order valence-corrected chi connectivity index (χ3v) is 2.91. The molecule has 20 heavy (non-hydrogen) atoms. The Kier molecular flexibility index (Phi) is 6.05. The zero-order valence-corrected chi connectivity index (χ0v) is 10.7. The summed E-state index contributed by atoms with van der Waals surface area (Å²) >= 11 is 0. The number of aliphatic carboxylic acids is 1. The molecule has 0 saturated heterocycles. The van der Waals surface area contributed by atoms with Crippen LogP contribution < -0.4 is 10.6 Å². The summed E-state index contributed by atoms with van der Waals surface area (Å²) < 4.78 is 39.5. The van der Waals surface area contributed by atoms with Crippen molar-refractivity contribution in [3.63, 3.8) is 0 Å². The Morgan fingerprint density at radius 2 is 2.00 bits per heavy atom. The summed E-state index contributed by atoms with van der Waals surface area (Å²) in [6.45, 7) is -1.63. The first-order chi connectivity index (χ1) is 9.28. The number of alkyl halides is 3. The van der Waals surface area contributed by atoms with Crippen LogP contribution in [-0.2, 0) is 9.53 Å². The summed E-state index contributed by atoms with van der Waals surface area (Å²) in [5, 5.41) is 13.7. The van der Waals surface area contributed by atoms with Crippen LogP contribution in [-0.4, -0.2) is 49.1 Å². The van der Waals surface area contributed by atoms with Crippen molar-refractivity contribution in [3.05, 3.63) is 0 Å². The lowest BCUT2D eigenvalue weighted by Crippen LogP contribution is -2.42. The van der Waals surface area contributed by atoms with Crippen LogP contribution in [0.15, 0.2) is 0 Å². The van der Waals surface area contributed by atoms with Crippen LogP contribution in [0.5, 0.6) is 0 Å². The topological polar surface area (TPSA) is 87.7 Å².